The van der Waals surface area contributed by atoms with E-state index in [0.29, 0.717) is 5.56 Å². The Morgan fingerprint density at radius 3 is 2.62 bits per heavy atom. The van der Waals surface area contributed by atoms with E-state index in [2.05, 4.69) is 15.0 Å². The third-order valence-electron chi connectivity index (χ3n) is 3.49. The minimum atomic E-state index is -0.390. The van der Waals surface area contributed by atoms with Crippen LogP contribution in [0.3, 0.4) is 0 Å². The number of ether oxygens (including phenoxy) is 1. The Morgan fingerprint density at radius 1 is 1.24 bits per heavy atom. The number of aryl methyl sites for hydroxylation is 2. The zero-order valence-corrected chi connectivity index (χ0v) is 12.0. The van der Waals surface area contributed by atoms with Crippen molar-refractivity contribution in [2.75, 3.05) is 7.11 Å². The van der Waals surface area contributed by atoms with E-state index in [-0.39, 0.29) is 0 Å². The topological polar surface area (TPSA) is 69.9 Å². The molecule has 3 aromatic rings. The van der Waals surface area contributed by atoms with Gasteiger partial charge in [-0.1, -0.05) is 0 Å². The summed E-state index contributed by atoms with van der Waals surface area (Å²) in [6.45, 7) is 1.92. The summed E-state index contributed by atoms with van der Waals surface area (Å²) in [5, 5.41) is 0. The Bertz CT molecular complexity index is 825. The standard InChI is InChI=1S/C15H14N4O2/c1-9-18-13-5-10(15(20)21-3)4-12(14(13)19(9)2)11-6-16-8-17-7-11/h4-8H,1-3H3. The van der Waals surface area contributed by atoms with Crippen LogP contribution >= 0.6 is 0 Å². The van der Waals surface area contributed by atoms with Crippen LogP contribution in [0.15, 0.2) is 30.9 Å². The van der Waals surface area contributed by atoms with Crippen molar-refractivity contribution in [2.45, 2.75) is 6.92 Å². The maximum absolute atomic E-state index is 11.8. The second kappa shape index (κ2) is 4.97. The second-order valence-corrected chi connectivity index (χ2v) is 4.73. The van der Waals surface area contributed by atoms with Gasteiger partial charge in [-0.3, -0.25) is 0 Å². The summed E-state index contributed by atoms with van der Waals surface area (Å²) in [5.41, 5.74) is 3.83. The predicted octanol–water partition coefficient (Wildman–Crippen LogP) is 2.13. The molecule has 0 aliphatic heterocycles. The highest BCUT2D eigenvalue weighted by molar-refractivity contribution is 6.00. The molecule has 0 spiro atoms. The van der Waals surface area contributed by atoms with Crippen molar-refractivity contribution in [1.29, 1.82) is 0 Å². The van der Waals surface area contributed by atoms with Crippen LogP contribution in [0.2, 0.25) is 0 Å². The number of hydrogen-bond donors (Lipinski definition) is 0. The van der Waals surface area contributed by atoms with Crippen molar-refractivity contribution in [3.05, 3.63) is 42.2 Å². The number of methoxy groups -OCH3 is 1. The molecule has 1 aromatic carbocycles. The molecule has 106 valence electrons. The summed E-state index contributed by atoms with van der Waals surface area (Å²) in [6.07, 6.45) is 4.90. The number of rotatable bonds is 2. The molecule has 0 unspecified atom stereocenters. The maximum atomic E-state index is 11.8. The summed E-state index contributed by atoms with van der Waals surface area (Å²) >= 11 is 0. The van der Waals surface area contributed by atoms with Crippen molar-refractivity contribution in [1.82, 2.24) is 19.5 Å². The van der Waals surface area contributed by atoms with Gasteiger partial charge in [0.05, 0.1) is 23.7 Å². The highest BCUT2D eigenvalue weighted by Gasteiger charge is 2.16. The van der Waals surface area contributed by atoms with Crippen molar-refractivity contribution in [3.8, 4) is 11.1 Å². The molecule has 0 amide bonds. The van der Waals surface area contributed by atoms with Gasteiger partial charge in [-0.2, -0.15) is 0 Å². The first kappa shape index (κ1) is 13.2. The van der Waals surface area contributed by atoms with Gasteiger partial charge in [-0.25, -0.2) is 19.7 Å². The smallest absolute Gasteiger partial charge is 0.337 e. The Kier molecular flexibility index (Phi) is 3.13. The first-order valence-electron chi connectivity index (χ1n) is 6.42. The number of carbonyl (C=O) groups is 1. The van der Waals surface area contributed by atoms with Crippen molar-refractivity contribution in [3.63, 3.8) is 0 Å². The van der Waals surface area contributed by atoms with Gasteiger partial charge in [0.2, 0.25) is 0 Å². The maximum Gasteiger partial charge on any atom is 0.337 e. The van der Waals surface area contributed by atoms with E-state index < -0.39 is 5.97 Å². The van der Waals surface area contributed by atoms with E-state index in [1.54, 1.807) is 24.5 Å². The zero-order valence-electron chi connectivity index (χ0n) is 12.0. The number of hydrogen-bond acceptors (Lipinski definition) is 5. The Morgan fingerprint density at radius 2 is 1.95 bits per heavy atom. The number of fused-ring (bicyclic) bond motifs is 1. The van der Waals surface area contributed by atoms with E-state index >= 15 is 0 Å². The molecule has 21 heavy (non-hydrogen) atoms. The highest BCUT2D eigenvalue weighted by atomic mass is 16.5. The fourth-order valence-corrected chi connectivity index (χ4v) is 2.36. The molecular weight excluding hydrogens is 268 g/mol. The summed E-state index contributed by atoms with van der Waals surface area (Å²) in [7, 11) is 3.30. The van der Waals surface area contributed by atoms with Crippen LogP contribution in [-0.4, -0.2) is 32.6 Å². The molecule has 2 aromatic heterocycles. The molecule has 0 bridgehead atoms. The lowest BCUT2D eigenvalue weighted by molar-refractivity contribution is 0.0601. The Balaban J connectivity index is 2.36. The zero-order chi connectivity index (χ0) is 15.0. The lowest BCUT2D eigenvalue weighted by Gasteiger charge is -2.08. The minimum absolute atomic E-state index is 0.390. The molecular formula is C15H14N4O2. The number of nitrogens with zero attached hydrogens (tertiary/aromatic N) is 4. The molecule has 0 fully saturated rings. The number of imidazole rings is 1. The van der Waals surface area contributed by atoms with E-state index in [1.165, 1.54) is 13.4 Å². The lowest BCUT2D eigenvalue weighted by atomic mass is 10.0. The summed E-state index contributed by atoms with van der Waals surface area (Å²) in [5.74, 6) is 0.475. The van der Waals surface area contributed by atoms with E-state index in [1.807, 2.05) is 18.5 Å². The van der Waals surface area contributed by atoms with Gasteiger partial charge in [0, 0.05) is 30.6 Å². The quantitative estimate of drug-likeness (QED) is 0.673. The van der Waals surface area contributed by atoms with Crippen molar-refractivity contribution < 1.29 is 9.53 Å². The van der Waals surface area contributed by atoms with E-state index in [9.17, 15) is 4.79 Å². The molecule has 0 saturated carbocycles. The monoisotopic (exact) mass is 282 g/mol. The van der Waals surface area contributed by atoms with Gasteiger partial charge in [-0.15, -0.1) is 0 Å². The second-order valence-electron chi connectivity index (χ2n) is 4.73. The highest BCUT2D eigenvalue weighted by Crippen LogP contribution is 2.30. The molecule has 0 N–H and O–H groups in total. The summed E-state index contributed by atoms with van der Waals surface area (Å²) in [4.78, 5) is 24.4. The largest absolute Gasteiger partial charge is 0.465 e. The molecule has 6 nitrogen and oxygen atoms in total. The predicted molar refractivity (Wildman–Crippen MR) is 77.8 cm³/mol. The summed E-state index contributed by atoms with van der Waals surface area (Å²) < 4.78 is 6.79. The van der Waals surface area contributed by atoms with Gasteiger partial charge < -0.3 is 9.30 Å². The fraction of sp³-hybridized carbons (Fsp3) is 0.200. The fourth-order valence-electron chi connectivity index (χ4n) is 2.36. The average molecular weight is 282 g/mol. The van der Waals surface area contributed by atoms with Crippen LogP contribution in [0.5, 0.6) is 0 Å². The number of aromatic nitrogens is 4. The molecule has 0 aliphatic rings. The third kappa shape index (κ3) is 2.14. The van der Waals surface area contributed by atoms with Crippen molar-refractivity contribution in [2.24, 2.45) is 7.05 Å². The summed E-state index contributed by atoms with van der Waals surface area (Å²) in [6, 6.07) is 3.52. The van der Waals surface area contributed by atoms with Gasteiger partial charge in [0.15, 0.2) is 0 Å². The number of benzene rings is 1. The van der Waals surface area contributed by atoms with E-state index in [0.717, 1.165) is 28.0 Å². The lowest BCUT2D eigenvalue weighted by Crippen LogP contribution is -2.02. The van der Waals surface area contributed by atoms with Crippen LogP contribution in [0.25, 0.3) is 22.2 Å². The average Bonchev–Trinajstić information content (AvgIpc) is 2.81. The van der Waals surface area contributed by atoms with Gasteiger partial charge in [0.25, 0.3) is 0 Å². The molecule has 0 atom stereocenters. The molecule has 6 heteroatoms. The van der Waals surface area contributed by atoms with Gasteiger partial charge in [0.1, 0.15) is 12.2 Å². The number of esters is 1. The molecule has 0 aliphatic carbocycles. The Labute approximate surface area is 121 Å². The SMILES string of the molecule is COC(=O)c1cc(-c2cncnc2)c2c(c1)nc(C)n2C. The van der Waals surface area contributed by atoms with Crippen LogP contribution in [-0.2, 0) is 11.8 Å². The molecule has 3 rings (SSSR count). The van der Waals surface area contributed by atoms with Gasteiger partial charge >= 0.3 is 5.97 Å². The first-order valence-corrected chi connectivity index (χ1v) is 6.42. The third-order valence-corrected chi connectivity index (χ3v) is 3.49. The normalized spacial score (nSPS) is 10.8. The molecule has 2 heterocycles. The van der Waals surface area contributed by atoms with Crippen molar-refractivity contribution >= 4 is 17.0 Å². The minimum Gasteiger partial charge on any atom is -0.465 e. The van der Waals surface area contributed by atoms with Crippen LogP contribution in [0.1, 0.15) is 16.2 Å². The van der Waals surface area contributed by atoms with Crippen LogP contribution in [0.4, 0.5) is 0 Å². The van der Waals surface area contributed by atoms with Crippen LogP contribution in [0, 0.1) is 6.92 Å². The number of carbonyl (C=O) groups excluding carboxylic acids is 1. The molecule has 0 saturated heterocycles. The van der Waals surface area contributed by atoms with Gasteiger partial charge in [-0.05, 0) is 19.1 Å². The van der Waals surface area contributed by atoms with E-state index in [4.69, 9.17) is 4.74 Å². The Hall–Kier alpha value is -2.76. The first-order chi connectivity index (χ1) is 10.1. The molecule has 0 radical (unpaired) electrons. The van der Waals surface area contributed by atoms with Crippen LogP contribution < -0.4 is 0 Å².